The van der Waals surface area contributed by atoms with Crippen LogP contribution in [-0.2, 0) is 0 Å². The Hall–Kier alpha value is -3.80. The van der Waals surface area contributed by atoms with Crippen LogP contribution >= 0.6 is 0 Å². The third-order valence-electron chi connectivity index (χ3n) is 4.73. The number of rotatable bonds is 4. The molecule has 29 heavy (non-hydrogen) atoms. The van der Waals surface area contributed by atoms with Crippen molar-refractivity contribution in [1.29, 1.82) is 0 Å². The number of aryl methyl sites for hydroxylation is 2. The lowest BCUT2D eigenvalue weighted by atomic mass is 10.1. The van der Waals surface area contributed by atoms with Gasteiger partial charge in [-0.1, -0.05) is 35.9 Å². The van der Waals surface area contributed by atoms with Crippen molar-refractivity contribution in [2.75, 3.05) is 5.43 Å². The van der Waals surface area contributed by atoms with Crippen molar-refractivity contribution in [2.45, 2.75) is 20.8 Å². The summed E-state index contributed by atoms with van der Waals surface area (Å²) < 4.78 is 1.58. The van der Waals surface area contributed by atoms with E-state index < -0.39 is 0 Å². The van der Waals surface area contributed by atoms with E-state index in [1.807, 2.05) is 75.4 Å². The third kappa shape index (κ3) is 3.65. The molecule has 0 fully saturated rings. The SMILES string of the molecule is C/C(=N/Nc1nc2ccccc2c(=O)n1-c1ccc(C)cc1C)c1ccccn1. The van der Waals surface area contributed by atoms with Gasteiger partial charge >= 0.3 is 0 Å². The number of pyridine rings is 1. The number of anilines is 1. The maximum atomic E-state index is 13.3. The van der Waals surface area contributed by atoms with Crippen LogP contribution in [0.1, 0.15) is 23.7 Å². The second-order valence-corrected chi connectivity index (χ2v) is 6.91. The van der Waals surface area contributed by atoms with Gasteiger partial charge in [0, 0.05) is 6.20 Å². The summed E-state index contributed by atoms with van der Waals surface area (Å²) in [6.07, 6.45) is 1.72. The van der Waals surface area contributed by atoms with Crippen LogP contribution in [0.5, 0.6) is 0 Å². The normalized spacial score (nSPS) is 11.6. The molecule has 4 rings (SSSR count). The summed E-state index contributed by atoms with van der Waals surface area (Å²) in [4.78, 5) is 22.3. The van der Waals surface area contributed by atoms with Crippen LogP contribution < -0.4 is 11.0 Å². The van der Waals surface area contributed by atoms with Crippen molar-refractivity contribution < 1.29 is 0 Å². The molecular formula is C23H21N5O. The minimum atomic E-state index is -0.143. The maximum Gasteiger partial charge on any atom is 0.267 e. The molecule has 0 aliphatic carbocycles. The van der Waals surface area contributed by atoms with Gasteiger partial charge in [0.15, 0.2) is 0 Å². The third-order valence-corrected chi connectivity index (χ3v) is 4.73. The monoisotopic (exact) mass is 383 g/mol. The highest BCUT2D eigenvalue weighted by atomic mass is 16.1. The molecule has 0 bridgehead atoms. The molecule has 2 aromatic carbocycles. The van der Waals surface area contributed by atoms with E-state index in [4.69, 9.17) is 0 Å². The van der Waals surface area contributed by atoms with E-state index in [0.29, 0.717) is 22.6 Å². The quantitative estimate of drug-likeness (QED) is 0.423. The molecule has 0 aliphatic rings. The Balaban J connectivity index is 1.89. The molecule has 6 heteroatoms. The summed E-state index contributed by atoms with van der Waals surface area (Å²) in [6.45, 7) is 5.87. The minimum Gasteiger partial charge on any atom is -0.268 e. The number of para-hydroxylation sites is 1. The molecule has 0 saturated heterocycles. The first-order valence-corrected chi connectivity index (χ1v) is 9.36. The van der Waals surface area contributed by atoms with Crippen molar-refractivity contribution in [2.24, 2.45) is 5.10 Å². The lowest BCUT2D eigenvalue weighted by Crippen LogP contribution is -2.23. The van der Waals surface area contributed by atoms with Crippen LogP contribution in [0.25, 0.3) is 16.6 Å². The highest BCUT2D eigenvalue weighted by molar-refractivity contribution is 5.97. The maximum absolute atomic E-state index is 13.3. The molecule has 2 aromatic heterocycles. The van der Waals surface area contributed by atoms with E-state index in [2.05, 4.69) is 20.5 Å². The predicted octanol–water partition coefficient (Wildman–Crippen LogP) is 4.23. The summed E-state index contributed by atoms with van der Waals surface area (Å²) in [6, 6.07) is 18.9. The Morgan fingerprint density at radius 3 is 2.59 bits per heavy atom. The molecule has 0 aliphatic heterocycles. The summed E-state index contributed by atoms with van der Waals surface area (Å²) in [5.41, 5.74) is 7.79. The van der Waals surface area contributed by atoms with Gasteiger partial charge in [0.05, 0.1) is 28.0 Å². The fourth-order valence-corrected chi connectivity index (χ4v) is 3.26. The summed E-state index contributed by atoms with van der Waals surface area (Å²) >= 11 is 0. The van der Waals surface area contributed by atoms with Crippen LogP contribution in [0.15, 0.2) is 76.8 Å². The van der Waals surface area contributed by atoms with Crippen LogP contribution in [0.2, 0.25) is 0 Å². The number of nitrogens with one attached hydrogen (secondary N) is 1. The van der Waals surface area contributed by atoms with Gasteiger partial charge in [-0.2, -0.15) is 5.10 Å². The van der Waals surface area contributed by atoms with Crippen LogP contribution in [-0.4, -0.2) is 20.2 Å². The number of benzene rings is 2. The Morgan fingerprint density at radius 1 is 1.03 bits per heavy atom. The summed E-state index contributed by atoms with van der Waals surface area (Å²) in [7, 11) is 0. The number of hydrogen-bond donors (Lipinski definition) is 1. The molecule has 6 nitrogen and oxygen atoms in total. The lowest BCUT2D eigenvalue weighted by molar-refractivity contribution is 0.945. The van der Waals surface area contributed by atoms with Crippen molar-refractivity contribution in [3.63, 3.8) is 0 Å². The van der Waals surface area contributed by atoms with E-state index in [1.165, 1.54) is 0 Å². The van der Waals surface area contributed by atoms with E-state index in [-0.39, 0.29) is 5.56 Å². The van der Waals surface area contributed by atoms with E-state index >= 15 is 0 Å². The van der Waals surface area contributed by atoms with Crippen molar-refractivity contribution in [3.8, 4) is 5.69 Å². The molecule has 144 valence electrons. The Labute approximate surface area is 168 Å². The first-order valence-electron chi connectivity index (χ1n) is 9.36. The molecule has 1 N–H and O–H groups in total. The molecular weight excluding hydrogens is 362 g/mol. The van der Waals surface area contributed by atoms with Crippen molar-refractivity contribution in [1.82, 2.24) is 14.5 Å². The van der Waals surface area contributed by atoms with Gasteiger partial charge in [0.2, 0.25) is 5.95 Å². The number of hydrazone groups is 1. The van der Waals surface area contributed by atoms with Gasteiger partial charge in [0.25, 0.3) is 5.56 Å². The van der Waals surface area contributed by atoms with E-state index in [9.17, 15) is 4.79 Å². The van der Waals surface area contributed by atoms with Crippen molar-refractivity contribution >= 4 is 22.6 Å². The first kappa shape index (κ1) is 18.6. The molecule has 0 radical (unpaired) electrons. The largest absolute Gasteiger partial charge is 0.268 e. The summed E-state index contributed by atoms with van der Waals surface area (Å²) in [5, 5.41) is 4.99. The Morgan fingerprint density at radius 2 is 1.83 bits per heavy atom. The minimum absolute atomic E-state index is 0.143. The van der Waals surface area contributed by atoms with Crippen LogP contribution in [0.3, 0.4) is 0 Å². The fraction of sp³-hybridized carbons (Fsp3) is 0.130. The van der Waals surface area contributed by atoms with Gasteiger partial charge in [-0.05, 0) is 56.7 Å². The highest BCUT2D eigenvalue weighted by Crippen LogP contribution is 2.20. The molecule has 0 spiro atoms. The number of fused-ring (bicyclic) bond motifs is 1. The molecule has 2 heterocycles. The molecule has 0 amide bonds. The zero-order valence-corrected chi connectivity index (χ0v) is 16.5. The van der Waals surface area contributed by atoms with Gasteiger partial charge in [0.1, 0.15) is 0 Å². The molecule has 4 aromatic rings. The first-order chi connectivity index (χ1) is 14.0. The van der Waals surface area contributed by atoms with E-state index in [1.54, 1.807) is 16.8 Å². The van der Waals surface area contributed by atoms with Crippen LogP contribution in [0, 0.1) is 13.8 Å². The number of aromatic nitrogens is 3. The average molecular weight is 383 g/mol. The zero-order valence-electron chi connectivity index (χ0n) is 16.5. The van der Waals surface area contributed by atoms with Gasteiger partial charge in [-0.3, -0.25) is 9.78 Å². The Kier molecular flexibility index (Phi) is 4.91. The average Bonchev–Trinajstić information content (AvgIpc) is 2.73. The highest BCUT2D eigenvalue weighted by Gasteiger charge is 2.14. The van der Waals surface area contributed by atoms with E-state index in [0.717, 1.165) is 22.5 Å². The second kappa shape index (κ2) is 7.67. The van der Waals surface area contributed by atoms with Crippen molar-refractivity contribution in [3.05, 3.63) is 94.0 Å². The summed E-state index contributed by atoms with van der Waals surface area (Å²) in [5.74, 6) is 0.357. The number of nitrogens with zero attached hydrogens (tertiary/aromatic N) is 4. The molecule has 0 saturated carbocycles. The second-order valence-electron chi connectivity index (χ2n) is 6.91. The predicted molar refractivity (Wildman–Crippen MR) is 117 cm³/mol. The van der Waals surface area contributed by atoms with Gasteiger partial charge < -0.3 is 0 Å². The molecule has 0 unspecified atom stereocenters. The van der Waals surface area contributed by atoms with Gasteiger partial charge in [-0.25, -0.2) is 15.0 Å². The topological polar surface area (TPSA) is 72.2 Å². The molecule has 0 atom stereocenters. The standard InChI is InChI=1S/C23H21N5O/c1-15-11-12-21(16(2)14-15)28-22(29)18-8-4-5-10-20(18)25-23(28)27-26-17(3)19-9-6-7-13-24-19/h4-14H,1-3H3,(H,25,27)/b26-17-. The fourth-order valence-electron chi connectivity index (χ4n) is 3.26. The zero-order chi connectivity index (χ0) is 20.4. The van der Waals surface area contributed by atoms with Crippen LogP contribution in [0.4, 0.5) is 5.95 Å². The van der Waals surface area contributed by atoms with Gasteiger partial charge in [-0.15, -0.1) is 0 Å². The Bertz CT molecular complexity index is 1280. The smallest absolute Gasteiger partial charge is 0.267 e. The number of hydrogen-bond acceptors (Lipinski definition) is 5. The lowest BCUT2D eigenvalue weighted by Gasteiger charge is -2.15.